The van der Waals surface area contributed by atoms with Crippen LogP contribution in [0.2, 0.25) is 36.3 Å². The average molecular weight is 456 g/mol. The zero-order valence-electron chi connectivity index (χ0n) is 20.4. The van der Waals surface area contributed by atoms with Gasteiger partial charge in [-0.2, -0.15) is 4.98 Å². The van der Waals surface area contributed by atoms with Crippen LogP contribution in [0.1, 0.15) is 54.2 Å². The van der Waals surface area contributed by atoms with Crippen LogP contribution in [0.5, 0.6) is 0 Å². The van der Waals surface area contributed by atoms with Crippen molar-refractivity contribution in [3.05, 3.63) is 22.7 Å². The van der Waals surface area contributed by atoms with Gasteiger partial charge in [-0.1, -0.05) is 41.5 Å². The molecule has 9 heteroatoms. The largest absolute Gasteiger partial charge is 0.414 e. The normalized spacial score (nSPS) is 23.7. The van der Waals surface area contributed by atoms with Crippen LogP contribution in [-0.4, -0.2) is 45.0 Å². The molecular formula is C21H41N3O4Si2. The van der Waals surface area contributed by atoms with Gasteiger partial charge in [0.25, 0.3) is 0 Å². The summed E-state index contributed by atoms with van der Waals surface area (Å²) in [5.41, 5.74) is 5.24. The summed E-state index contributed by atoms with van der Waals surface area (Å²) < 4.78 is 21.0. The third-order valence-electron chi connectivity index (χ3n) is 7.01. The van der Waals surface area contributed by atoms with Gasteiger partial charge in [-0.05, 0) is 42.3 Å². The number of aromatic nitrogens is 2. The third-order valence-corrected chi connectivity index (χ3v) is 16.0. The molecule has 0 spiro atoms. The maximum absolute atomic E-state index is 12.4. The molecule has 1 aliphatic rings. The lowest BCUT2D eigenvalue weighted by atomic mass is 10.2. The lowest BCUT2D eigenvalue weighted by Crippen LogP contribution is -2.48. The number of nitrogen functional groups attached to an aromatic ring is 1. The van der Waals surface area contributed by atoms with Gasteiger partial charge in [0.15, 0.2) is 16.6 Å². The van der Waals surface area contributed by atoms with E-state index in [-0.39, 0.29) is 28.1 Å². The molecule has 1 aliphatic heterocycles. The van der Waals surface area contributed by atoms with Crippen LogP contribution < -0.4 is 11.4 Å². The number of hydrogen-bond acceptors (Lipinski definition) is 6. The Kier molecular flexibility index (Phi) is 7.15. The number of hydrogen-bond donors (Lipinski definition) is 1. The number of ether oxygens (including phenoxy) is 1. The smallest absolute Gasteiger partial charge is 0.351 e. The van der Waals surface area contributed by atoms with Crippen LogP contribution >= 0.6 is 0 Å². The summed E-state index contributed by atoms with van der Waals surface area (Å²) in [6.07, 6.45) is 1.43. The van der Waals surface area contributed by atoms with Crippen LogP contribution in [0, 0.1) is 0 Å². The zero-order valence-corrected chi connectivity index (χ0v) is 22.4. The van der Waals surface area contributed by atoms with Gasteiger partial charge in [0.05, 0.1) is 12.7 Å². The minimum atomic E-state index is -2.02. The van der Waals surface area contributed by atoms with Gasteiger partial charge in [-0.3, -0.25) is 4.57 Å². The molecule has 0 radical (unpaired) electrons. The van der Waals surface area contributed by atoms with Crippen molar-refractivity contribution in [2.45, 2.75) is 103 Å². The fourth-order valence-electron chi connectivity index (χ4n) is 2.85. The minimum absolute atomic E-state index is 0.0789. The average Bonchev–Trinajstić information content (AvgIpc) is 2.92. The molecule has 1 unspecified atom stereocenters. The SMILES string of the molecule is CC(C)(C)[Si](C)(C)OC[C@H]1O[C@@H](n2ccc(N)nc2=O)CC1O[Si](C)(C)C(C)(C)C. The molecule has 0 aromatic carbocycles. The van der Waals surface area contributed by atoms with E-state index in [0.717, 1.165) is 0 Å². The molecule has 7 nitrogen and oxygen atoms in total. The Morgan fingerprint density at radius 2 is 1.70 bits per heavy atom. The van der Waals surface area contributed by atoms with Crippen LogP contribution in [0.25, 0.3) is 0 Å². The van der Waals surface area contributed by atoms with Crippen molar-refractivity contribution in [2.24, 2.45) is 0 Å². The molecule has 0 aliphatic carbocycles. The van der Waals surface area contributed by atoms with Crippen molar-refractivity contribution in [1.82, 2.24) is 9.55 Å². The van der Waals surface area contributed by atoms with E-state index in [1.165, 1.54) is 4.57 Å². The van der Waals surface area contributed by atoms with E-state index in [2.05, 4.69) is 72.7 Å². The van der Waals surface area contributed by atoms with Crippen molar-refractivity contribution < 1.29 is 13.6 Å². The molecule has 1 fully saturated rings. The van der Waals surface area contributed by atoms with Crippen LogP contribution in [0.4, 0.5) is 5.82 Å². The van der Waals surface area contributed by atoms with Crippen molar-refractivity contribution in [1.29, 1.82) is 0 Å². The number of nitrogens with two attached hydrogens (primary N) is 1. The highest BCUT2D eigenvalue weighted by Gasteiger charge is 2.46. The maximum atomic E-state index is 12.4. The summed E-state index contributed by atoms with van der Waals surface area (Å²) in [4.78, 5) is 16.2. The van der Waals surface area contributed by atoms with Crippen molar-refractivity contribution >= 4 is 22.5 Å². The predicted octanol–water partition coefficient (Wildman–Crippen LogP) is 4.53. The van der Waals surface area contributed by atoms with Gasteiger partial charge in [0.1, 0.15) is 18.1 Å². The number of nitrogens with zero attached hydrogens (tertiary/aromatic N) is 2. The molecule has 172 valence electrons. The Balaban J connectivity index is 2.27. The van der Waals surface area contributed by atoms with Crippen molar-refractivity contribution in [3.8, 4) is 0 Å². The van der Waals surface area contributed by atoms with E-state index in [9.17, 15) is 4.79 Å². The molecule has 30 heavy (non-hydrogen) atoms. The first kappa shape index (κ1) is 25.3. The molecule has 1 saturated heterocycles. The van der Waals surface area contributed by atoms with Crippen LogP contribution in [-0.2, 0) is 13.6 Å². The van der Waals surface area contributed by atoms with E-state index < -0.39 is 28.6 Å². The minimum Gasteiger partial charge on any atom is -0.414 e. The molecule has 0 bridgehead atoms. The molecule has 2 heterocycles. The Morgan fingerprint density at radius 3 is 2.20 bits per heavy atom. The van der Waals surface area contributed by atoms with Gasteiger partial charge < -0.3 is 19.3 Å². The molecular weight excluding hydrogens is 414 g/mol. The van der Waals surface area contributed by atoms with E-state index in [4.69, 9.17) is 19.3 Å². The maximum Gasteiger partial charge on any atom is 0.351 e. The van der Waals surface area contributed by atoms with Crippen molar-refractivity contribution in [3.63, 3.8) is 0 Å². The fraction of sp³-hybridized carbons (Fsp3) is 0.810. The highest BCUT2D eigenvalue weighted by Crippen LogP contribution is 2.42. The molecule has 2 rings (SSSR count). The second kappa shape index (κ2) is 8.50. The third kappa shape index (κ3) is 5.61. The van der Waals surface area contributed by atoms with Crippen molar-refractivity contribution in [2.75, 3.05) is 12.3 Å². The Morgan fingerprint density at radius 1 is 1.13 bits per heavy atom. The highest BCUT2D eigenvalue weighted by atomic mass is 28.4. The summed E-state index contributed by atoms with van der Waals surface area (Å²) in [7, 11) is -3.96. The quantitative estimate of drug-likeness (QED) is 0.634. The van der Waals surface area contributed by atoms with E-state index in [0.29, 0.717) is 13.0 Å². The summed E-state index contributed by atoms with van der Waals surface area (Å²) in [5.74, 6) is 0.209. The molecule has 3 atom stereocenters. The monoisotopic (exact) mass is 455 g/mol. The first-order valence-electron chi connectivity index (χ1n) is 10.8. The standard InChI is InChI=1S/C21H41N3O4Si2/c1-20(2,3)29(7,8)26-14-16-15(28-30(9,10)21(4,5)6)13-18(27-16)24-12-11-17(22)23-19(24)25/h11-12,15-16,18H,13-14H2,1-10H3,(H2,22,23,25)/t15?,16-,18-/m1/s1. The molecule has 1 aromatic heterocycles. The second-order valence-electron chi connectivity index (χ2n) is 11.4. The Bertz CT molecular complexity index is 797. The zero-order chi connectivity index (χ0) is 23.1. The second-order valence-corrected chi connectivity index (χ2v) is 21.0. The van der Waals surface area contributed by atoms with Gasteiger partial charge in [0.2, 0.25) is 0 Å². The van der Waals surface area contributed by atoms with Gasteiger partial charge in [-0.25, -0.2) is 4.79 Å². The topological polar surface area (TPSA) is 88.6 Å². The lowest BCUT2D eigenvalue weighted by Gasteiger charge is -2.40. The predicted molar refractivity (Wildman–Crippen MR) is 127 cm³/mol. The van der Waals surface area contributed by atoms with E-state index in [1.54, 1.807) is 12.3 Å². The first-order valence-corrected chi connectivity index (χ1v) is 16.6. The van der Waals surface area contributed by atoms with Gasteiger partial charge in [-0.15, -0.1) is 0 Å². The van der Waals surface area contributed by atoms with Gasteiger partial charge in [0, 0.05) is 12.6 Å². The molecule has 0 amide bonds. The molecule has 0 saturated carbocycles. The first-order chi connectivity index (χ1) is 13.4. The summed E-state index contributed by atoms with van der Waals surface area (Å²) in [5, 5.41) is 0.189. The summed E-state index contributed by atoms with van der Waals surface area (Å²) in [6.45, 7) is 22.7. The summed E-state index contributed by atoms with van der Waals surface area (Å²) >= 11 is 0. The van der Waals surface area contributed by atoms with E-state index in [1.807, 2.05) is 0 Å². The van der Waals surface area contributed by atoms with E-state index >= 15 is 0 Å². The molecule has 2 N–H and O–H groups in total. The summed E-state index contributed by atoms with van der Waals surface area (Å²) in [6, 6.07) is 1.62. The highest BCUT2D eigenvalue weighted by molar-refractivity contribution is 6.74. The van der Waals surface area contributed by atoms with Gasteiger partial charge >= 0.3 is 5.69 Å². The van der Waals surface area contributed by atoms with Crippen LogP contribution in [0.15, 0.2) is 17.1 Å². The Labute approximate surface area is 183 Å². The Hall–Kier alpha value is -1.01. The lowest BCUT2D eigenvalue weighted by molar-refractivity contribution is -0.0411. The number of rotatable bonds is 6. The fourth-order valence-corrected chi connectivity index (χ4v) is 5.22. The van der Waals surface area contributed by atoms with Crippen LogP contribution in [0.3, 0.4) is 0 Å². The number of anilines is 1. The molecule has 1 aromatic rings.